The minimum absolute atomic E-state index is 0.179. The van der Waals surface area contributed by atoms with Gasteiger partial charge < -0.3 is 25.6 Å². The van der Waals surface area contributed by atoms with Crippen LogP contribution in [-0.4, -0.2) is 36.7 Å². The number of carbonyl (C=O) groups excluding carboxylic acids is 2. The molecule has 1 heterocycles. The van der Waals surface area contributed by atoms with E-state index < -0.39 is 0 Å². The number of hydrogen-bond donors (Lipinski definition) is 3. The Balaban J connectivity index is 1.92. The zero-order valence-corrected chi connectivity index (χ0v) is 13.5. The van der Waals surface area contributed by atoms with Gasteiger partial charge in [-0.15, -0.1) is 0 Å². The number of anilines is 2. The van der Waals surface area contributed by atoms with Crippen LogP contribution in [0.15, 0.2) is 35.0 Å². The van der Waals surface area contributed by atoms with Crippen molar-refractivity contribution >= 4 is 23.2 Å². The number of hydrogen-bond acceptors (Lipinski definition) is 6. The van der Waals surface area contributed by atoms with E-state index >= 15 is 0 Å². The van der Waals surface area contributed by atoms with Gasteiger partial charge in [0.1, 0.15) is 11.3 Å². The van der Waals surface area contributed by atoms with E-state index in [1.54, 1.807) is 31.2 Å². The smallest absolute Gasteiger partial charge is 0.260 e. The van der Waals surface area contributed by atoms with Gasteiger partial charge in [0.15, 0.2) is 0 Å². The minimum atomic E-state index is -0.310. The topological polar surface area (TPSA) is 119 Å². The Hall–Kier alpha value is -2.71. The molecule has 1 unspecified atom stereocenters. The number of nitrogens with one attached hydrogen (secondary N) is 2. The van der Waals surface area contributed by atoms with E-state index in [-0.39, 0.29) is 30.9 Å². The molecular formula is C16H20N4O4. The van der Waals surface area contributed by atoms with E-state index in [2.05, 4.69) is 15.8 Å². The highest BCUT2D eigenvalue weighted by Gasteiger charge is 2.14. The third kappa shape index (κ3) is 4.64. The number of benzene rings is 1. The maximum absolute atomic E-state index is 12.0. The van der Waals surface area contributed by atoms with Crippen molar-refractivity contribution in [1.82, 2.24) is 5.16 Å². The lowest BCUT2D eigenvalue weighted by atomic mass is 10.2. The summed E-state index contributed by atoms with van der Waals surface area (Å²) in [6.45, 7) is 1.94. The molecule has 1 aromatic heterocycles. The van der Waals surface area contributed by atoms with Gasteiger partial charge in [-0.3, -0.25) is 9.59 Å². The van der Waals surface area contributed by atoms with Gasteiger partial charge >= 0.3 is 0 Å². The van der Waals surface area contributed by atoms with Crippen LogP contribution in [0.3, 0.4) is 0 Å². The largest absolute Gasteiger partial charge is 0.380 e. The molecule has 0 radical (unpaired) electrons. The molecular weight excluding hydrogens is 312 g/mol. The molecule has 2 aromatic rings. The Kier molecular flexibility index (Phi) is 6.05. The number of methoxy groups -OCH3 is 1. The predicted molar refractivity (Wildman–Crippen MR) is 88.7 cm³/mol. The third-order valence-corrected chi connectivity index (χ3v) is 3.43. The molecule has 128 valence electrons. The van der Waals surface area contributed by atoms with Crippen molar-refractivity contribution < 1.29 is 18.8 Å². The molecule has 0 aliphatic heterocycles. The lowest BCUT2D eigenvalue weighted by Gasteiger charge is -2.13. The number of rotatable bonds is 7. The molecule has 2 rings (SSSR count). The molecule has 24 heavy (non-hydrogen) atoms. The molecule has 1 atom stereocenters. The number of ether oxygens (including phenoxy) is 1. The van der Waals surface area contributed by atoms with Crippen molar-refractivity contribution in [3.8, 4) is 0 Å². The van der Waals surface area contributed by atoms with Gasteiger partial charge in [-0.2, -0.15) is 0 Å². The van der Waals surface area contributed by atoms with E-state index in [1.807, 2.05) is 0 Å². The molecule has 1 aromatic carbocycles. The molecule has 8 nitrogen and oxygen atoms in total. The van der Waals surface area contributed by atoms with E-state index in [0.29, 0.717) is 22.7 Å². The summed E-state index contributed by atoms with van der Waals surface area (Å²) in [4.78, 5) is 23.9. The number of carbonyl (C=O) groups is 2. The van der Waals surface area contributed by atoms with Crippen LogP contribution < -0.4 is 16.4 Å². The van der Waals surface area contributed by atoms with Crippen LogP contribution in [0.1, 0.15) is 22.5 Å². The number of aryl methyl sites for hydroxylation is 1. The van der Waals surface area contributed by atoms with Gasteiger partial charge in [0.25, 0.3) is 5.91 Å². The Morgan fingerprint density at radius 2 is 1.88 bits per heavy atom. The summed E-state index contributed by atoms with van der Waals surface area (Å²) in [6.07, 6.45) is 1.23. The molecule has 0 fully saturated rings. The number of aromatic nitrogens is 1. The zero-order chi connectivity index (χ0) is 17.5. The van der Waals surface area contributed by atoms with E-state index in [1.165, 1.54) is 13.3 Å². The summed E-state index contributed by atoms with van der Waals surface area (Å²) in [5, 5.41) is 9.04. The summed E-state index contributed by atoms with van der Waals surface area (Å²) in [6, 6.07) is 6.76. The molecule has 0 spiro atoms. The predicted octanol–water partition coefficient (Wildman–Crippen LogP) is 1.54. The highest BCUT2D eigenvalue weighted by Crippen LogP contribution is 2.16. The van der Waals surface area contributed by atoms with Crippen LogP contribution in [0.5, 0.6) is 0 Å². The lowest BCUT2D eigenvalue weighted by molar-refractivity contribution is -0.118. The fourth-order valence-electron chi connectivity index (χ4n) is 2.03. The first-order valence-corrected chi connectivity index (χ1v) is 7.39. The second kappa shape index (κ2) is 8.23. The van der Waals surface area contributed by atoms with Crippen molar-refractivity contribution in [2.45, 2.75) is 19.4 Å². The summed E-state index contributed by atoms with van der Waals surface area (Å²) < 4.78 is 9.93. The highest BCUT2D eigenvalue weighted by molar-refractivity contribution is 6.04. The molecule has 0 aliphatic rings. The maximum Gasteiger partial charge on any atom is 0.260 e. The number of nitrogens with two attached hydrogens (primary N) is 1. The first kappa shape index (κ1) is 17.6. The number of amides is 2. The SMILES string of the molecule is COC(CN)CC(=O)Nc1ccc(NC(=O)c2cnoc2C)cc1. The molecule has 4 N–H and O–H groups in total. The van der Waals surface area contributed by atoms with Crippen molar-refractivity contribution in [2.24, 2.45) is 5.73 Å². The van der Waals surface area contributed by atoms with Crippen molar-refractivity contribution in [2.75, 3.05) is 24.3 Å². The summed E-state index contributed by atoms with van der Waals surface area (Å²) >= 11 is 0. The maximum atomic E-state index is 12.0. The Morgan fingerprint density at radius 1 is 1.25 bits per heavy atom. The lowest BCUT2D eigenvalue weighted by Crippen LogP contribution is -2.28. The van der Waals surface area contributed by atoms with E-state index in [9.17, 15) is 9.59 Å². The standard InChI is InChI=1S/C16H20N4O4/c1-10-14(9-18-24-10)16(22)20-12-5-3-11(4-6-12)19-15(21)7-13(8-17)23-2/h3-6,9,13H,7-8,17H2,1-2H3,(H,19,21)(H,20,22). The van der Waals surface area contributed by atoms with Crippen LogP contribution in [0.25, 0.3) is 0 Å². The Labute approximate surface area is 139 Å². The van der Waals surface area contributed by atoms with E-state index in [0.717, 1.165) is 0 Å². The average Bonchev–Trinajstić information content (AvgIpc) is 3.00. The molecule has 0 bridgehead atoms. The first-order valence-electron chi connectivity index (χ1n) is 7.39. The first-order chi connectivity index (χ1) is 11.5. The van der Waals surface area contributed by atoms with Crippen LogP contribution in [0, 0.1) is 6.92 Å². The van der Waals surface area contributed by atoms with Gasteiger partial charge in [-0.25, -0.2) is 0 Å². The van der Waals surface area contributed by atoms with E-state index in [4.69, 9.17) is 15.0 Å². The van der Waals surface area contributed by atoms with Crippen LogP contribution in [0.4, 0.5) is 11.4 Å². The fraction of sp³-hybridized carbons (Fsp3) is 0.312. The fourth-order valence-corrected chi connectivity index (χ4v) is 2.03. The van der Waals surface area contributed by atoms with Crippen molar-refractivity contribution in [3.63, 3.8) is 0 Å². The van der Waals surface area contributed by atoms with Gasteiger partial charge in [-0.05, 0) is 31.2 Å². The Morgan fingerprint density at radius 3 is 2.38 bits per heavy atom. The van der Waals surface area contributed by atoms with Crippen LogP contribution in [0.2, 0.25) is 0 Å². The molecule has 0 saturated carbocycles. The number of nitrogens with zero attached hydrogens (tertiary/aromatic N) is 1. The molecule has 2 amide bonds. The second-order valence-electron chi connectivity index (χ2n) is 5.17. The molecule has 0 aliphatic carbocycles. The minimum Gasteiger partial charge on any atom is -0.380 e. The van der Waals surface area contributed by atoms with Gasteiger partial charge in [0.2, 0.25) is 5.91 Å². The van der Waals surface area contributed by atoms with Crippen molar-refractivity contribution in [1.29, 1.82) is 0 Å². The van der Waals surface area contributed by atoms with Crippen LogP contribution in [-0.2, 0) is 9.53 Å². The second-order valence-corrected chi connectivity index (χ2v) is 5.17. The summed E-state index contributed by atoms with van der Waals surface area (Å²) in [7, 11) is 1.51. The molecule has 8 heteroatoms. The average molecular weight is 332 g/mol. The van der Waals surface area contributed by atoms with Gasteiger partial charge in [0, 0.05) is 25.0 Å². The van der Waals surface area contributed by atoms with Crippen molar-refractivity contribution in [3.05, 3.63) is 41.8 Å². The zero-order valence-electron chi connectivity index (χ0n) is 13.5. The molecule has 0 saturated heterocycles. The monoisotopic (exact) mass is 332 g/mol. The summed E-state index contributed by atoms with van der Waals surface area (Å²) in [5.41, 5.74) is 7.07. The van der Waals surface area contributed by atoms with Crippen LogP contribution >= 0.6 is 0 Å². The Bertz CT molecular complexity index is 692. The van der Waals surface area contributed by atoms with Gasteiger partial charge in [-0.1, -0.05) is 5.16 Å². The normalized spacial score (nSPS) is 11.8. The highest BCUT2D eigenvalue weighted by atomic mass is 16.5. The van der Waals surface area contributed by atoms with Gasteiger partial charge in [0.05, 0.1) is 18.7 Å². The third-order valence-electron chi connectivity index (χ3n) is 3.43. The quantitative estimate of drug-likeness (QED) is 0.707. The summed E-state index contributed by atoms with van der Waals surface area (Å²) in [5.74, 6) is -0.0513.